The molecule has 0 atom stereocenters. The van der Waals surface area contributed by atoms with E-state index in [1.807, 2.05) is 0 Å². The van der Waals surface area contributed by atoms with Crippen molar-refractivity contribution >= 4 is 17.9 Å². The van der Waals surface area contributed by atoms with Crippen LogP contribution in [0.2, 0.25) is 0 Å². The zero-order chi connectivity index (χ0) is 15.7. The molecule has 0 saturated heterocycles. The fraction of sp³-hybridized carbons (Fsp3) is 0.0833. The normalized spacial score (nSPS) is 10.2. The van der Waals surface area contributed by atoms with Crippen LogP contribution in [0.5, 0.6) is 0 Å². The van der Waals surface area contributed by atoms with Crippen LogP contribution in [0, 0.1) is 0 Å². The van der Waals surface area contributed by atoms with E-state index >= 15 is 0 Å². The van der Waals surface area contributed by atoms with Gasteiger partial charge in [-0.3, -0.25) is 0 Å². The van der Waals surface area contributed by atoms with E-state index < -0.39 is 17.9 Å². The number of rotatable bonds is 2. The Morgan fingerprint density at radius 1 is 1.26 bits per heavy atom. The van der Waals surface area contributed by atoms with Crippen LogP contribution in [0.15, 0.2) is 50.2 Å². The Morgan fingerprint density at radius 3 is 1.58 bits per heavy atom. The quantitative estimate of drug-likeness (QED) is 0.280. The van der Waals surface area contributed by atoms with Crippen LogP contribution in [0.4, 0.5) is 0 Å². The molecule has 0 aromatic carbocycles. The van der Waals surface area contributed by atoms with E-state index in [1.54, 1.807) is 6.08 Å². The highest BCUT2D eigenvalue weighted by atomic mass is 16.6. The molecular weight excluding hydrogens is 252 g/mol. The van der Waals surface area contributed by atoms with Gasteiger partial charge in [-0.05, 0) is 6.20 Å². The number of hydrogen-bond donors (Lipinski definition) is 3. The molecule has 1 aliphatic rings. The molecule has 19 heavy (non-hydrogen) atoms. The van der Waals surface area contributed by atoms with E-state index in [-0.39, 0.29) is 0 Å². The van der Waals surface area contributed by atoms with Crippen LogP contribution in [0.3, 0.4) is 0 Å². The fourth-order valence-electron chi connectivity index (χ4n) is 0.303. The summed E-state index contributed by atoms with van der Waals surface area (Å²) in [7, 11) is 0. The Morgan fingerprint density at radius 2 is 1.53 bits per heavy atom. The highest BCUT2D eigenvalue weighted by Gasteiger charge is 2.10. The zero-order valence-corrected chi connectivity index (χ0v) is 10.5. The van der Waals surface area contributed by atoms with Crippen molar-refractivity contribution in [2.75, 3.05) is 6.54 Å². The molecule has 1 rings (SSSR count). The smallest absolute Gasteiger partial charge is 0.338 e. The summed E-state index contributed by atoms with van der Waals surface area (Å²) < 4.78 is 3.97. The molecule has 5 N–H and O–H groups in total. The van der Waals surface area contributed by atoms with Gasteiger partial charge in [-0.25, -0.2) is 14.4 Å². The third-order valence-electron chi connectivity index (χ3n) is 0.898. The molecule has 7 heteroatoms. The summed E-state index contributed by atoms with van der Waals surface area (Å²) in [6.45, 7) is 10.0. The molecule has 0 unspecified atom stereocenters. The molecule has 0 aromatic heterocycles. The number of carboxylic acids is 1. The number of nitrogens with two attached hydrogens (primary N) is 2. The molecule has 1 heterocycles. The molecule has 0 bridgehead atoms. The largest absolute Gasteiger partial charge is 0.478 e. The Labute approximate surface area is 111 Å². The summed E-state index contributed by atoms with van der Waals surface area (Å²) in [5, 5.41) is 7.60. The zero-order valence-electron chi connectivity index (χ0n) is 10.5. The minimum atomic E-state index is -0.981. The average Bonchev–Trinajstić information content (AvgIpc) is 2.75. The Hall–Kier alpha value is -2.67. The minimum absolute atomic E-state index is 0.579. The van der Waals surface area contributed by atoms with Gasteiger partial charge in [0.05, 0.1) is 0 Å². The summed E-state index contributed by atoms with van der Waals surface area (Å²) in [5.74, 6) is -2.14. The molecule has 0 radical (unpaired) electrons. The third-order valence-corrected chi connectivity index (χ3v) is 0.898. The Balaban J connectivity index is -0.000000191. The van der Waals surface area contributed by atoms with Gasteiger partial charge in [0.2, 0.25) is 0 Å². The molecule has 0 fully saturated rings. The lowest BCUT2D eigenvalue weighted by atomic mass is 10.6. The third kappa shape index (κ3) is 31.3. The van der Waals surface area contributed by atoms with Gasteiger partial charge in [0.25, 0.3) is 0 Å². The van der Waals surface area contributed by atoms with Gasteiger partial charge in [0.15, 0.2) is 0 Å². The van der Waals surface area contributed by atoms with Crippen LogP contribution in [-0.2, 0) is 19.1 Å². The van der Waals surface area contributed by atoms with Crippen molar-refractivity contribution in [1.29, 1.82) is 0 Å². The molecule has 0 spiro atoms. The molecule has 0 saturated carbocycles. The van der Waals surface area contributed by atoms with Gasteiger partial charge < -0.3 is 21.3 Å². The number of aliphatic carboxylic acids is 1. The van der Waals surface area contributed by atoms with E-state index in [2.05, 4.69) is 30.2 Å². The van der Waals surface area contributed by atoms with E-state index in [0.29, 0.717) is 6.54 Å². The molecule has 0 amide bonds. The lowest BCUT2D eigenvalue weighted by molar-refractivity contribution is -0.150. The van der Waals surface area contributed by atoms with Gasteiger partial charge in [0.1, 0.15) is 0 Å². The first kappa shape index (κ1) is 21.6. The second kappa shape index (κ2) is 17.7. The molecular formula is C12H18N2O5. The van der Waals surface area contributed by atoms with Crippen LogP contribution >= 0.6 is 0 Å². The van der Waals surface area contributed by atoms with Crippen LogP contribution < -0.4 is 11.5 Å². The first-order chi connectivity index (χ1) is 8.89. The number of carboxylic acid groups (broad SMARTS) is 1. The van der Waals surface area contributed by atoms with Crippen molar-refractivity contribution in [3.8, 4) is 0 Å². The van der Waals surface area contributed by atoms with E-state index in [9.17, 15) is 14.4 Å². The highest BCUT2D eigenvalue weighted by molar-refractivity contribution is 6.04. The summed E-state index contributed by atoms with van der Waals surface area (Å²) in [4.78, 5) is 29.1. The number of cyclic esters (lactones) is 2. The number of carbonyl (C=O) groups is 3. The number of esters is 2. The van der Waals surface area contributed by atoms with Crippen molar-refractivity contribution < 1.29 is 24.2 Å². The van der Waals surface area contributed by atoms with Gasteiger partial charge in [-0.15, -0.1) is 6.58 Å². The fourth-order valence-corrected chi connectivity index (χ4v) is 0.303. The Bertz CT molecular complexity index is 332. The maximum atomic E-state index is 9.92. The Kier molecular flexibility index (Phi) is 20.1. The van der Waals surface area contributed by atoms with Crippen LogP contribution in [-0.4, -0.2) is 29.6 Å². The summed E-state index contributed by atoms with van der Waals surface area (Å²) in [5.41, 5.74) is 9.52. The van der Waals surface area contributed by atoms with E-state index in [0.717, 1.165) is 18.2 Å². The topological polar surface area (TPSA) is 133 Å². The SMILES string of the molecule is C=CC(=O)O.C=CCN.C=CN.O=C1C=CC(=O)O1. The highest BCUT2D eigenvalue weighted by Crippen LogP contribution is 1.92. The number of hydrogen-bond acceptors (Lipinski definition) is 6. The van der Waals surface area contributed by atoms with Gasteiger partial charge in [-0.1, -0.05) is 19.2 Å². The van der Waals surface area contributed by atoms with Crippen molar-refractivity contribution in [2.24, 2.45) is 11.5 Å². The lowest BCUT2D eigenvalue weighted by Gasteiger charge is -1.80. The maximum Gasteiger partial charge on any atom is 0.338 e. The number of ether oxygens (including phenoxy) is 1. The van der Waals surface area contributed by atoms with Crippen molar-refractivity contribution in [2.45, 2.75) is 0 Å². The molecule has 0 aliphatic carbocycles. The first-order valence-electron chi connectivity index (χ1n) is 4.82. The van der Waals surface area contributed by atoms with Gasteiger partial charge >= 0.3 is 17.9 Å². The van der Waals surface area contributed by atoms with Crippen LogP contribution in [0.1, 0.15) is 0 Å². The summed E-state index contributed by atoms with van der Waals surface area (Å²) in [6, 6.07) is 0. The number of carbonyl (C=O) groups excluding carboxylic acids is 2. The van der Waals surface area contributed by atoms with Crippen molar-refractivity contribution in [3.63, 3.8) is 0 Å². The molecule has 106 valence electrons. The molecule has 1 aliphatic heterocycles. The average molecular weight is 270 g/mol. The van der Waals surface area contributed by atoms with E-state index in [1.165, 1.54) is 6.20 Å². The van der Waals surface area contributed by atoms with Gasteiger partial charge in [0, 0.05) is 24.8 Å². The minimum Gasteiger partial charge on any atom is -0.478 e. The van der Waals surface area contributed by atoms with Crippen molar-refractivity contribution in [1.82, 2.24) is 0 Å². The predicted octanol–water partition coefficient (Wildman–Crippen LogP) is 0.103. The molecule has 7 nitrogen and oxygen atoms in total. The monoisotopic (exact) mass is 270 g/mol. The summed E-state index contributed by atoms with van der Waals surface area (Å²) in [6.07, 6.45) is 5.91. The lowest BCUT2D eigenvalue weighted by Crippen LogP contribution is -1.96. The second-order valence-corrected chi connectivity index (χ2v) is 2.38. The van der Waals surface area contributed by atoms with E-state index in [4.69, 9.17) is 10.8 Å². The summed E-state index contributed by atoms with van der Waals surface area (Å²) >= 11 is 0. The van der Waals surface area contributed by atoms with Crippen molar-refractivity contribution in [3.05, 3.63) is 50.2 Å². The maximum absolute atomic E-state index is 9.92. The first-order valence-corrected chi connectivity index (χ1v) is 4.82. The molecule has 0 aromatic rings. The predicted molar refractivity (Wildman–Crippen MR) is 71.7 cm³/mol. The standard InChI is InChI=1S/C4H2O3.C3H7N.C3H4O2.C2H5N/c5-3-1-2-4(6)7-3;1-2-3-4;1-2-3(4)5;1-2-3/h1-2H;2H,1,3-4H2;2H,1H2,(H,4,5);2H,1,3H2. The van der Waals surface area contributed by atoms with Gasteiger partial charge in [-0.2, -0.15) is 0 Å². The second-order valence-electron chi connectivity index (χ2n) is 2.38. The van der Waals surface area contributed by atoms with Crippen LogP contribution in [0.25, 0.3) is 0 Å².